The van der Waals surface area contributed by atoms with E-state index in [4.69, 9.17) is 0 Å². The van der Waals surface area contributed by atoms with Gasteiger partial charge in [-0.2, -0.15) is 0 Å². The van der Waals surface area contributed by atoms with Gasteiger partial charge in [0.15, 0.2) is 0 Å². The van der Waals surface area contributed by atoms with Gasteiger partial charge in [0.1, 0.15) is 0 Å². The lowest BCUT2D eigenvalue weighted by molar-refractivity contribution is 1.17. The van der Waals surface area contributed by atoms with Crippen molar-refractivity contribution >= 4 is 37.7 Å². The number of hydrogen-bond donors (Lipinski definition) is 0. The van der Waals surface area contributed by atoms with Crippen molar-refractivity contribution in [2.45, 2.75) is 6.42 Å². The van der Waals surface area contributed by atoms with Crippen molar-refractivity contribution in [3.8, 4) is 0 Å². The van der Waals surface area contributed by atoms with E-state index in [2.05, 4.69) is 115 Å². The zero-order valence-electron chi connectivity index (χ0n) is 15.8. The van der Waals surface area contributed by atoms with Crippen molar-refractivity contribution in [2.75, 3.05) is 6.16 Å². The molecule has 0 amide bonds. The molecule has 2 heteroatoms. The van der Waals surface area contributed by atoms with Gasteiger partial charge in [0.2, 0.25) is 0 Å². The van der Waals surface area contributed by atoms with Crippen molar-refractivity contribution in [3.05, 3.63) is 121 Å². The lowest BCUT2D eigenvalue weighted by Gasteiger charge is -2.22. The largest absolute Gasteiger partial charge is 0.0901 e. The molecule has 0 aliphatic rings. The molecule has 28 heavy (non-hydrogen) atoms. The molecule has 0 radical (unpaired) electrons. The van der Waals surface area contributed by atoms with Crippen LogP contribution in [0.1, 0.15) is 5.56 Å². The minimum absolute atomic E-state index is 0.535. The molecule has 0 saturated carbocycles. The summed E-state index contributed by atoms with van der Waals surface area (Å²) in [6.07, 6.45) is 2.33. The molecular weight excluding hydrogens is 374 g/mol. The van der Waals surface area contributed by atoms with Crippen LogP contribution in [0.15, 0.2) is 115 Å². The first-order valence-corrected chi connectivity index (χ1v) is 12.2. The molecule has 0 fully saturated rings. The molecule has 0 aliphatic heterocycles. The molecule has 0 aromatic heterocycles. The third kappa shape index (κ3) is 4.77. The summed E-state index contributed by atoms with van der Waals surface area (Å²) >= 11 is 0. The highest BCUT2D eigenvalue weighted by molar-refractivity contribution is 7.79. The molecule has 0 bridgehead atoms. The molecular formula is C26H24P2. The predicted molar refractivity (Wildman–Crippen MR) is 128 cm³/mol. The SMILES string of the molecule is c1ccc(PCCc2ccccc2P(c2ccccc2)c2ccccc2)cc1. The van der Waals surface area contributed by atoms with Crippen LogP contribution in [0.2, 0.25) is 0 Å². The van der Waals surface area contributed by atoms with Crippen molar-refractivity contribution in [1.82, 2.24) is 0 Å². The Morgan fingerprint density at radius 1 is 0.536 bits per heavy atom. The molecule has 1 atom stereocenters. The number of hydrogen-bond acceptors (Lipinski definition) is 0. The normalized spacial score (nSPS) is 11.3. The monoisotopic (exact) mass is 398 g/mol. The number of rotatable bonds is 7. The van der Waals surface area contributed by atoms with Crippen LogP contribution in [0.5, 0.6) is 0 Å². The standard InChI is InChI=1S/C26H24P2/c1-4-13-23(14-5-1)27-21-20-22-12-10-11-19-26(22)28(24-15-6-2-7-16-24)25-17-8-3-9-18-25/h1-19,27H,20-21H2. The zero-order chi connectivity index (χ0) is 19.0. The van der Waals surface area contributed by atoms with E-state index in [1.54, 1.807) is 0 Å². The van der Waals surface area contributed by atoms with Crippen LogP contribution in [0.4, 0.5) is 0 Å². The molecule has 0 saturated heterocycles. The second-order valence-electron chi connectivity index (χ2n) is 6.68. The maximum atomic E-state index is 2.34. The van der Waals surface area contributed by atoms with Crippen LogP contribution in [0.25, 0.3) is 0 Å². The van der Waals surface area contributed by atoms with Crippen LogP contribution in [0.3, 0.4) is 0 Å². The van der Waals surface area contributed by atoms with E-state index in [0.717, 1.165) is 15.0 Å². The fourth-order valence-corrected chi connectivity index (χ4v) is 7.03. The van der Waals surface area contributed by atoms with Gasteiger partial charge in [-0.3, -0.25) is 0 Å². The average Bonchev–Trinajstić information content (AvgIpc) is 2.77. The smallest absolute Gasteiger partial charge is 0.0119 e. The molecule has 0 spiro atoms. The highest BCUT2D eigenvalue weighted by Gasteiger charge is 2.18. The molecule has 0 aliphatic carbocycles. The summed E-state index contributed by atoms with van der Waals surface area (Å²) in [5, 5.41) is 5.78. The van der Waals surface area contributed by atoms with Gasteiger partial charge < -0.3 is 0 Å². The maximum absolute atomic E-state index is 2.34. The first-order chi connectivity index (χ1) is 13.9. The summed E-state index contributed by atoms with van der Waals surface area (Å²) in [5.41, 5.74) is 1.49. The summed E-state index contributed by atoms with van der Waals surface area (Å²) in [6.45, 7) is 0. The van der Waals surface area contributed by atoms with Crippen LogP contribution in [-0.4, -0.2) is 6.16 Å². The molecule has 1 unspecified atom stereocenters. The molecule has 0 heterocycles. The van der Waals surface area contributed by atoms with Gasteiger partial charge in [-0.1, -0.05) is 124 Å². The summed E-state index contributed by atoms with van der Waals surface area (Å²) in [5.74, 6) is 0. The van der Waals surface area contributed by atoms with E-state index in [9.17, 15) is 0 Å². The Balaban J connectivity index is 1.64. The van der Waals surface area contributed by atoms with Crippen molar-refractivity contribution in [3.63, 3.8) is 0 Å². The van der Waals surface area contributed by atoms with E-state index in [1.165, 1.54) is 32.9 Å². The first kappa shape index (κ1) is 19.1. The van der Waals surface area contributed by atoms with E-state index in [1.807, 2.05) is 0 Å². The minimum Gasteiger partial charge on any atom is -0.0901 e. The van der Waals surface area contributed by atoms with E-state index < -0.39 is 7.92 Å². The van der Waals surface area contributed by atoms with Gasteiger partial charge in [0.05, 0.1) is 0 Å². The molecule has 4 rings (SSSR count). The third-order valence-corrected chi connectivity index (χ3v) is 8.55. The molecule has 4 aromatic rings. The Morgan fingerprint density at radius 2 is 1.04 bits per heavy atom. The minimum atomic E-state index is -0.535. The van der Waals surface area contributed by atoms with Crippen molar-refractivity contribution in [2.24, 2.45) is 0 Å². The summed E-state index contributed by atoms with van der Waals surface area (Å²) in [4.78, 5) is 0. The third-order valence-electron chi connectivity index (χ3n) is 4.76. The molecule has 4 aromatic carbocycles. The van der Waals surface area contributed by atoms with Gasteiger partial charge in [-0.05, 0) is 47.3 Å². The van der Waals surface area contributed by atoms with Crippen molar-refractivity contribution in [1.29, 1.82) is 0 Å². The topological polar surface area (TPSA) is 0 Å². The van der Waals surface area contributed by atoms with Gasteiger partial charge in [-0.25, -0.2) is 0 Å². The van der Waals surface area contributed by atoms with Crippen LogP contribution in [0, 0.1) is 0 Å². The van der Waals surface area contributed by atoms with E-state index in [-0.39, 0.29) is 0 Å². The first-order valence-electron chi connectivity index (χ1n) is 9.69. The lowest BCUT2D eigenvalue weighted by atomic mass is 10.2. The molecule has 0 N–H and O–H groups in total. The van der Waals surface area contributed by atoms with Crippen LogP contribution in [-0.2, 0) is 6.42 Å². The lowest BCUT2D eigenvalue weighted by Crippen LogP contribution is -2.23. The van der Waals surface area contributed by atoms with Crippen LogP contribution < -0.4 is 21.2 Å². The Bertz CT molecular complexity index is 943. The fraction of sp³-hybridized carbons (Fsp3) is 0.0769. The summed E-state index contributed by atoms with van der Waals surface area (Å²) < 4.78 is 0. The van der Waals surface area contributed by atoms with Crippen LogP contribution >= 0.6 is 16.5 Å². The van der Waals surface area contributed by atoms with E-state index >= 15 is 0 Å². The summed E-state index contributed by atoms with van der Waals surface area (Å²) in [7, 11) is 0.326. The Labute approximate surface area is 171 Å². The highest BCUT2D eigenvalue weighted by Crippen LogP contribution is 2.34. The van der Waals surface area contributed by atoms with E-state index in [0.29, 0.717) is 0 Å². The van der Waals surface area contributed by atoms with Crippen molar-refractivity contribution < 1.29 is 0 Å². The Kier molecular flexibility index (Phi) is 6.67. The van der Waals surface area contributed by atoms with Gasteiger partial charge >= 0.3 is 0 Å². The average molecular weight is 398 g/mol. The fourth-order valence-electron chi connectivity index (χ4n) is 3.42. The number of aryl methyl sites for hydroxylation is 1. The zero-order valence-corrected chi connectivity index (χ0v) is 17.7. The molecule has 138 valence electrons. The Hall–Kier alpha value is -2.26. The molecule has 0 nitrogen and oxygen atoms in total. The number of benzene rings is 4. The summed E-state index contributed by atoms with van der Waals surface area (Å²) in [6, 6.07) is 41.9. The predicted octanol–water partition coefficient (Wildman–Crippen LogP) is 4.99. The Morgan fingerprint density at radius 3 is 1.64 bits per heavy atom. The highest BCUT2D eigenvalue weighted by atomic mass is 31.1. The van der Waals surface area contributed by atoms with Gasteiger partial charge in [0.25, 0.3) is 0 Å². The quantitative estimate of drug-likeness (QED) is 0.385. The maximum Gasteiger partial charge on any atom is -0.0119 e. The second-order valence-corrected chi connectivity index (χ2v) is 10.3. The van der Waals surface area contributed by atoms with Gasteiger partial charge in [0, 0.05) is 0 Å². The second kappa shape index (κ2) is 9.79. The van der Waals surface area contributed by atoms with Gasteiger partial charge in [-0.15, -0.1) is 0 Å².